The van der Waals surface area contributed by atoms with Gasteiger partial charge in [-0.3, -0.25) is 9.59 Å². The van der Waals surface area contributed by atoms with Crippen LogP contribution in [0.4, 0.5) is 0 Å². The van der Waals surface area contributed by atoms with Crippen molar-refractivity contribution in [2.24, 2.45) is 11.8 Å². The van der Waals surface area contributed by atoms with Crippen LogP contribution in [0.2, 0.25) is 0 Å². The van der Waals surface area contributed by atoms with E-state index in [1.165, 1.54) is 9.80 Å². The van der Waals surface area contributed by atoms with Crippen molar-refractivity contribution in [3.63, 3.8) is 0 Å². The summed E-state index contributed by atoms with van der Waals surface area (Å²) < 4.78 is 0. The van der Waals surface area contributed by atoms with Gasteiger partial charge in [0.15, 0.2) is 6.67 Å². The number of fused-ring (bicyclic) bond motifs is 1. The van der Waals surface area contributed by atoms with Gasteiger partial charge >= 0.3 is 0 Å². The summed E-state index contributed by atoms with van der Waals surface area (Å²) in [5.74, 6) is -0.00439. The Hall–Kier alpha value is -0.940. The minimum Gasteiger partial charge on any atom is -0.387 e. The third-order valence-electron chi connectivity index (χ3n) is 4.91. The van der Waals surface area contributed by atoms with Gasteiger partial charge in [-0.25, -0.2) is 4.90 Å². The van der Waals surface area contributed by atoms with Crippen molar-refractivity contribution in [1.82, 2.24) is 4.90 Å². The Morgan fingerprint density at radius 1 is 1.05 bits per heavy atom. The molecule has 19 heavy (non-hydrogen) atoms. The maximum Gasteiger partial charge on any atom is 0.237 e. The second kappa shape index (κ2) is 5.21. The molecule has 0 bridgehead atoms. The molecule has 2 amide bonds. The van der Waals surface area contributed by atoms with Crippen molar-refractivity contribution in [2.45, 2.75) is 44.6 Å². The highest BCUT2D eigenvalue weighted by molar-refractivity contribution is 6.05. The maximum absolute atomic E-state index is 12.3. The highest BCUT2D eigenvalue weighted by Crippen LogP contribution is 2.37. The van der Waals surface area contributed by atoms with Gasteiger partial charge in [-0.2, -0.15) is 0 Å². The fraction of sp³-hybridized carbons (Fsp3) is 0.857. The lowest BCUT2D eigenvalue weighted by atomic mass is 9.81. The lowest BCUT2D eigenvalue weighted by Gasteiger charge is -2.29. The smallest absolute Gasteiger partial charge is 0.237 e. The van der Waals surface area contributed by atoms with Gasteiger partial charge in [-0.05, 0) is 25.7 Å². The number of amides is 2. The van der Waals surface area contributed by atoms with E-state index in [0.29, 0.717) is 13.2 Å². The average Bonchev–Trinajstić information content (AvgIpc) is 2.65. The normalized spacial score (nSPS) is 39.5. The van der Waals surface area contributed by atoms with Gasteiger partial charge < -0.3 is 10.0 Å². The van der Waals surface area contributed by atoms with E-state index in [4.69, 9.17) is 0 Å². The zero-order chi connectivity index (χ0) is 13.4. The molecule has 2 heterocycles. The van der Waals surface area contributed by atoms with Gasteiger partial charge in [0.25, 0.3) is 0 Å². The molecule has 5 heteroatoms. The first-order valence-corrected chi connectivity index (χ1v) is 7.53. The molecule has 3 rings (SSSR count). The topological polar surface area (TPSA) is 62.0 Å². The van der Waals surface area contributed by atoms with Gasteiger partial charge in [0, 0.05) is 0 Å². The van der Waals surface area contributed by atoms with Crippen molar-refractivity contribution in [3.8, 4) is 0 Å². The van der Waals surface area contributed by atoms with Crippen molar-refractivity contribution in [1.29, 1.82) is 0 Å². The summed E-state index contributed by atoms with van der Waals surface area (Å²) in [5.41, 5.74) is 0. The van der Waals surface area contributed by atoms with Crippen LogP contribution in [0, 0.1) is 11.8 Å². The Morgan fingerprint density at radius 2 is 1.68 bits per heavy atom. The third-order valence-corrected chi connectivity index (χ3v) is 4.91. The van der Waals surface area contributed by atoms with Crippen LogP contribution in [-0.2, 0) is 9.59 Å². The Labute approximate surface area is 113 Å². The molecule has 3 fully saturated rings. The van der Waals surface area contributed by atoms with Crippen LogP contribution in [0.1, 0.15) is 38.5 Å². The molecule has 0 aromatic carbocycles. The summed E-state index contributed by atoms with van der Waals surface area (Å²) in [6.07, 6.45) is 5.44. The number of likely N-dealkylation sites (tertiary alicyclic amines) is 2. The molecule has 4 atom stereocenters. The van der Waals surface area contributed by atoms with Crippen LogP contribution < -0.4 is 4.90 Å². The van der Waals surface area contributed by atoms with Crippen molar-refractivity contribution in [3.05, 3.63) is 0 Å². The lowest BCUT2D eigenvalue weighted by molar-refractivity contribution is -0.915. The monoisotopic (exact) mass is 267 g/mol. The molecule has 5 nitrogen and oxygen atoms in total. The second-order valence-corrected chi connectivity index (χ2v) is 6.26. The first-order valence-electron chi connectivity index (χ1n) is 7.53. The fourth-order valence-corrected chi connectivity index (χ4v) is 3.88. The number of hydrogen-bond acceptors (Lipinski definition) is 3. The molecule has 1 saturated carbocycles. The minimum atomic E-state index is -0.279. The van der Waals surface area contributed by atoms with Crippen LogP contribution in [0.5, 0.6) is 0 Å². The minimum absolute atomic E-state index is 0.0438. The molecule has 0 aromatic rings. The van der Waals surface area contributed by atoms with E-state index in [1.54, 1.807) is 0 Å². The van der Waals surface area contributed by atoms with Gasteiger partial charge in [-0.15, -0.1) is 0 Å². The number of quaternary nitrogens is 1. The van der Waals surface area contributed by atoms with E-state index in [0.717, 1.165) is 45.1 Å². The Bertz CT molecular complexity index is 361. The summed E-state index contributed by atoms with van der Waals surface area (Å²) in [6.45, 7) is 2.07. The summed E-state index contributed by atoms with van der Waals surface area (Å²) in [7, 11) is 0. The van der Waals surface area contributed by atoms with E-state index in [1.807, 2.05) is 0 Å². The van der Waals surface area contributed by atoms with Crippen molar-refractivity contribution < 1.29 is 19.6 Å². The van der Waals surface area contributed by atoms with E-state index in [9.17, 15) is 14.7 Å². The Morgan fingerprint density at radius 3 is 2.26 bits per heavy atom. The Kier molecular flexibility index (Phi) is 3.58. The van der Waals surface area contributed by atoms with E-state index >= 15 is 0 Å². The molecular weight excluding hydrogens is 244 g/mol. The van der Waals surface area contributed by atoms with Crippen LogP contribution in [-0.4, -0.2) is 47.7 Å². The number of hydrogen-bond donors (Lipinski definition) is 2. The molecule has 3 aliphatic rings. The van der Waals surface area contributed by atoms with E-state index < -0.39 is 0 Å². The number of aliphatic hydroxyl groups excluding tert-OH is 1. The van der Waals surface area contributed by atoms with Crippen LogP contribution in [0.15, 0.2) is 0 Å². The fourth-order valence-electron chi connectivity index (χ4n) is 3.88. The molecular formula is C14H23N2O3+. The van der Waals surface area contributed by atoms with Crippen molar-refractivity contribution >= 4 is 11.8 Å². The third kappa shape index (κ3) is 2.41. The van der Waals surface area contributed by atoms with Crippen LogP contribution >= 0.6 is 0 Å². The molecule has 1 aliphatic carbocycles. The highest BCUT2D eigenvalue weighted by Gasteiger charge is 2.49. The number of rotatable bonds is 2. The molecule has 0 spiro atoms. The molecule has 2 saturated heterocycles. The largest absolute Gasteiger partial charge is 0.387 e. The summed E-state index contributed by atoms with van der Waals surface area (Å²) in [6, 6.07) is 0. The second-order valence-electron chi connectivity index (χ2n) is 6.26. The first-order chi connectivity index (χ1) is 9.16. The maximum atomic E-state index is 12.3. The van der Waals surface area contributed by atoms with E-state index in [2.05, 4.69) is 0 Å². The van der Waals surface area contributed by atoms with Crippen molar-refractivity contribution in [2.75, 3.05) is 19.8 Å². The summed E-state index contributed by atoms with van der Waals surface area (Å²) in [4.78, 5) is 27.3. The van der Waals surface area contributed by atoms with Gasteiger partial charge in [0.05, 0.1) is 18.4 Å². The van der Waals surface area contributed by atoms with Gasteiger partial charge in [-0.1, -0.05) is 12.8 Å². The molecule has 2 aliphatic heterocycles. The number of imide groups is 1. The van der Waals surface area contributed by atoms with Crippen LogP contribution in [0.25, 0.3) is 0 Å². The molecule has 0 aromatic heterocycles. The number of carbonyl (C=O) groups is 2. The first kappa shape index (κ1) is 13.1. The standard InChI is InChI=1S/C14H22N2O3/c17-10-4-3-7-15(8-10)9-16-13(18)11-5-1-2-6-12(11)14(16)19/h10-12,17H,1-9H2/p+1/t10-,11-,12+/m0/s1. The number of nitrogens with one attached hydrogen (secondary N) is 1. The summed E-state index contributed by atoms with van der Waals surface area (Å²) >= 11 is 0. The SMILES string of the molecule is O=C1[C@H]2CCCC[C@H]2C(=O)N1C[NH+]1CCC[C@H](O)C1. The molecule has 106 valence electrons. The highest BCUT2D eigenvalue weighted by atomic mass is 16.3. The van der Waals surface area contributed by atoms with Crippen LogP contribution in [0.3, 0.4) is 0 Å². The van der Waals surface area contributed by atoms with Gasteiger partial charge in [0.2, 0.25) is 11.8 Å². The van der Waals surface area contributed by atoms with E-state index in [-0.39, 0.29) is 29.8 Å². The molecule has 1 unspecified atom stereocenters. The lowest BCUT2D eigenvalue weighted by Crippen LogP contribution is -3.15. The number of carbonyl (C=O) groups excluding carboxylic acids is 2. The number of nitrogens with zero attached hydrogens (tertiary/aromatic N) is 1. The quantitative estimate of drug-likeness (QED) is 0.641. The average molecular weight is 267 g/mol. The Balaban J connectivity index is 1.67. The zero-order valence-electron chi connectivity index (χ0n) is 11.3. The predicted octanol–water partition coefficient (Wildman–Crippen LogP) is -0.841. The number of piperidine rings is 1. The summed E-state index contributed by atoms with van der Waals surface area (Å²) in [5, 5.41) is 9.68. The molecule has 2 N–H and O–H groups in total. The number of aliphatic hydroxyl groups is 1. The predicted molar refractivity (Wildman–Crippen MR) is 68.1 cm³/mol. The zero-order valence-corrected chi connectivity index (χ0v) is 11.3. The van der Waals surface area contributed by atoms with Gasteiger partial charge in [0.1, 0.15) is 12.6 Å². The molecule has 0 radical (unpaired) electrons.